The fraction of sp³-hybridized carbons (Fsp3) is 0.120. The monoisotopic (exact) mass is 510 g/mol. The summed E-state index contributed by atoms with van der Waals surface area (Å²) in [7, 11) is 3.30. The van der Waals surface area contributed by atoms with E-state index in [4.69, 9.17) is 0 Å². The predicted octanol–water partition coefficient (Wildman–Crippen LogP) is 4.80. The lowest BCUT2D eigenvalue weighted by Crippen LogP contribution is -2.21. The van der Waals surface area contributed by atoms with Gasteiger partial charge in [-0.2, -0.15) is 18.3 Å². The minimum absolute atomic E-state index is 0.0341. The Balaban J connectivity index is 1.62. The molecule has 1 aromatic heterocycles. The van der Waals surface area contributed by atoms with Crippen LogP contribution in [0.25, 0.3) is 22.5 Å². The van der Waals surface area contributed by atoms with Crippen molar-refractivity contribution in [1.29, 1.82) is 0 Å². The van der Waals surface area contributed by atoms with Crippen LogP contribution in [0.5, 0.6) is 0 Å². The number of benzene rings is 3. The Morgan fingerprint density at radius 3 is 2.16 bits per heavy atom. The molecule has 4 rings (SSSR count). The summed E-state index contributed by atoms with van der Waals surface area (Å²) in [6, 6.07) is 15.2. The Labute approximate surface area is 208 Å². The molecule has 0 radical (unpaired) electrons. The quantitative estimate of drug-likeness (QED) is 0.308. The zero-order chi connectivity index (χ0) is 26.7. The minimum atomic E-state index is -4.54. The number of alkyl halides is 3. The number of anilines is 2. The maximum atomic E-state index is 13.0. The molecule has 0 aliphatic carbocycles. The van der Waals surface area contributed by atoms with Gasteiger partial charge in [0.2, 0.25) is 0 Å². The Kier molecular flexibility index (Phi) is 6.83. The predicted molar refractivity (Wildman–Crippen MR) is 132 cm³/mol. The molecule has 0 bridgehead atoms. The summed E-state index contributed by atoms with van der Waals surface area (Å²) in [6.07, 6.45) is -4.54. The normalized spacial score (nSPS) is 11.2. The van der Waals surface area contributed by atoms with Crippen molar-refractivity contribution in [1.82, 2.24) is 20.1 Å². The summed E-state index contributed by atoms with van der Waals surface area (Å²) in [5.41, 5.74) is 1.16. The number of urea groups is 1. The Hall–Kier alpha value is -4.87. The number of hydrogen-bond donors (Lipinski definition) is 4. The van der Waals surface area contributed by atoms with Gasteiger partial charge >= 0.3 is 17.9 Å². The van der Waals surface area contributed by atoms with Crippen molar-refractivity contribution >= 4 is 23.3 Å². The molecular formula is C25H21F3N6O3. The molecule has 3 amide bonds. The van der Waals surface area contributed by atoms with Gasteiger partial charge in [0.25, 0.3) is 5.91 Å². The number of nitrogens with zero attached hydrogens (tertiary/aromatic N) is 2. The van der Waals surface area contributed by atoms with E-state index in [-0.39, 0.29) is 17.4 Å². The summed E-state index contributed by atoms with van der Waals surface area (Å²) in [5, 5.41) is 11.2. The topological polar surface area (TPSA) is 123 Å². The first kappa shape index (κ1) is 25.2. The molecule has 190 valence electrons. The molecule has 0 aliphatic rings. The molecule has 37 heavy (non-hydrogen) atoms. The lowest BCUT2D eigenvalue weighted by atomic mass is 9.97. The highest BCUT2D eigenvalue weighted by Gasteiger charge is 2.30. The molecular weight excluding hydrogens is 489 g/mol. The molecule has 4 N–H and O–H groups in total. The highest BCUT2D eigenvalue weighted by molar-refractivity contribution is 6.01. The number of aromatic nitrogens is 3. The molecule has 3 aromatic carbocycles. The molecule has 0 fully saturated rings. The molecule has 0 saturated carbocycles. The highest BCUT2D eigenvalue weighted by atomic mass is 19.4. The van der Waals surface area contributed by atoms with Gasteiger partial charge < -0.3 is 15.5 Å². The van der Waals surface area contributed by atoms with E-state index in [1.165, 1.54) is 17.0 Å². The van der Waals surface area contributed by atoms with E-state index in [9.17, 15) is 27.6 Å². The first-order chi connectivity index (χ1) is 17.5. The van der Waals surface area contributed by atoms with Crippen molar-refractivity contribution < 1.29 is 22.8 Å². The number of halogens is 3. The lowest BCUT2D eigenvalue weighted by Gasteiger charge is -2.14. The second kappa shape index (κ2) is 10.0. The van der Waals surface area contributed by atoms with Crippen molar-refractivity contribution in [2.24, 2.45) is 0 Å². The number of carbonyl (C=O) groups excluding carboxylic acids is 2. The zero-order valence-corrected chi connectivity index (χ0v) is 19.6. The third-order valence-electron chi connectivity index (χ3n) is 5.33. The SMILES string of the molecule is CN(C)C(=O)c1ccc(-c2ccc(NC(=O)Nc3cccc(C(F)(F)F)c3)cc2-c2n[nH]c(=O)[nH]2)cc1. The molecule has 0 saturated heterocycles. The number of amides is 3. The van der Waals surface area contributed by atoms with Crippen molar-refractivity contribution in [2.75, 3.05) is 24.7 Å². The fourth-order valence-electron chi connectivity index (χ4n) is 3.58. The molecule has 0 aliphatic heterocycles. The van der Waals surface area contributed by atoms with Crippen molar-refractivity contribution in [3.63, 3.8) is 0 Å². The third-order valence-corrected chi connectivity index (χ3v) is 5.33. The van der Waals surface area contributed by atoms with Crippen LogP contribution in [0.2, 0.25) is 0 Å². The number of carbonyl (C=O) groups is 2. The van der Waals surface area contributed by atoms with Gasteiger partial charge in [-0.05, 0) is 53.6 Å². The molecule has 0 unspecified atom stereocenters. The van der Waals surface area contributed by atoms with Crippen LogP contribution in [-0.4, -0.2) is 46.1 Å². The van der Waals surface area contributed by atoms with Crippen LogP contribution >= 0.6 is 0 Å². The number of nitrogens with one attached hydrogen (secondary N) is 4. The number of H-pyrrole nitrogens is 2. The number of hydrogen-bond acceptors (Lipinski definition) is 4. The van der Waals surface area contributed by atoms with Crippen LogP contribution in [0.3, 0.4) is 0 Å². The Morgan fingerprint density at radius 2 is 1.57 bits per heavy atom. The molecule has 4 aromatic rings. The maximum Gasteiger partial charge on any atom is 0.416 e. The van der Waals surface area contributed by atoms with Gasteiger partial charge in [-0.15, -0.1) is 0 Å². The average molecular weight is 510 g/mol. The van der Waals surface area contributed by atoms with Crippen LogP contribution in [0, 0.1) is 0 Å². The van der Waals surface area contributed by atoms with E-state index in [0.717, 1.165) is 12.1 Å². The summed E-state index contributed by atoms with van der Waals surface area (Å²) >= 11 is 0. The van der Waals surface area contributed by atoms with Gasteiger partial charge in [-0.25, -0.2) is 14.7 Å². The van der Waals surface area contributed by atoms with Crippen LogP contribution in [0.1, 0.15) is 15.9 Å². The van der Waals surface area contributed by atoms with Crippen molar-refractivity contribution in [2.45, 2.75) is 6.18 Å². The largest absolute Gasteiger partial charge is 0.416 e. The van der Waals surface area contributed by atoms with E-state index in [0.29, 0.717) is 27.9 Å². The minimum Gasteiger partial charge on any atom is -0.345 e. The third kappa shape index (κ3) is 5.86. The second-order valence-corrected chi connectivity index (χ2v) is 8.22. The fourth-order valence-corrected chi connectivity index (χ4v) is 3.58. The average Bonchev–Trinajstić information content (AvgIpc) is 3.29. The van der Waals surface area contributed by atoms with Crippen LogP contribution in [-0.2, 0) is 6.18 Å². The molecule has 9 nitrogen and oxygen atoms in total. The first-order valence-electron chi connectivity index (χ1n) is 10.9. The smallest absolute Gasteiger partial charge is 0.345 e. The lowest BCUT2D eigenvalue weighted by molar-refractivity contribution is -0.137. The van der Waals surface area contributed by atoms with Gasteiger partial charge in [0.05, 0.1) is 5.56 Å². The van der Waals surface area contributed by atoms with E-state index in [2.05, 4.69) is 25.8 Å². The van der Waals surface area contributed by atoms with E-state index >= 15 is 0 Å². The molecule has 0 atom stereocenters. The highest BCUT2D eigenvalue weighted by Crippen LogP contribution is 2.33. The summed E-state index contributed by atoms with van der Waals surface area (Å²) in [6.45, 7) is 0. The van der Waals surface area contributed by atoms with Gasteiger partial charge in [0, 0.05) is 36.6 Å². The molecule has 1 heterocycles. The van der Waals surface area contributed by atoms with Gasteiger partial charge in [0.15, 0.2) is 5.82 Å². The summed E-state index contributed by atoms with van der Waals surface area (Å²) in [5.74, 6) is 0.0464. The Morgan fingerprint density at radius 1 is 0.892 bits per heavy atom. The Bertz CT molecular complexity index is 1510. The second-order valence-electron chi connectivity index (χ2n) is 8.22. The van der Waals surface area contributed by atoms with Crippen molar-refractivity contribution in [3.8, 4) is 22.5 Å². The van der Waals surface area contributed by atoms with Gasteiger partial charge in [-0.3, -0.25) is 9.78 Å². The first-order valence-corrected chi connectivity index (χ1v) is 10.9. The van der Waals surface area contributed by atoms with Gasteiger partial charge in [-0.1, -0.05) is 24.3 Å². The summed E-state index contributed by atoms with van der Waals surface area (Å²) < 4.78 is 38.9. The van der Waals surface area contributed by atoms with Crippen LogP contribution < -0.4 is 16.3 Å². The maximum absolute atomic E-state index is 13.0. The number of aromatic amines is 2. The standard InChI is InChI=1S/C25H21F3N6O3/c1-34(2)22(35)15-8-6-14(7-9-15)19-11-10-18(13-20(19)21-31-24(37)33-32-21)30-23(36)29-17-5-3-4-16(12-17)25(26,27)28/h3-13H,1-2H3,(H2,29,30,36)(H2,31,32,33,37). The number of rotatable bonds is 5. The van der Waals surface area contributed by atoms with E-state index < -0.39 is 23.5 Å². The zero-order valence-electron chi connectivity index (χ0n) is 19.6. The van der Waals surface area contributed by atoms with Gasteiger partial charge in [0.1, 0.15) is 0 Å². The van der Waals surface area contributed by atoms with Crippen LogP contribution in [0.4, 0.5) is 29.3 Å². The van der Waals surface area contributed by atoms with E-state index in [1.807, 2.05) is 0 Å². The molecule has 0 spiro atoms. The van der Waals surface area contributed by atoms with Crippen molar-refractivity contribution in [3.05, 3.63) is 88.3 Å². The molecule has 12 heteroatoms. The van der Waals surface area contributed by atoms with E-state index in [1.54, 1.807) is 56.6 Å². The summed E-state index contributed by atoms with van der Waals surface area (Å²) in [4.78, 5) is 40.4. The van der Waals surface area contributed by atoms with Crippen LogP contribution in [0.15, 0.2) is 71.5 Å².